The van der Waals surface area contributed by atoms with Crippen molar-refractivity contribution in [1.82, 2.24) is 0 Å². The van der Waals surface area contributed by atoms with Gasteiger partial charge in [0.15, 0.2) is 0 Å². The number of hydrogen-bond donors (Lipinski definition) is 0. The largest absolute Gasteiger partial charge is 0.458 e. The number of esters is 1. The topological polar surface area (TPSA) is 26.3 Å². The summed E-state index contributed by atoms with van der Waals surface area (Å²) in [5.41, 5.74) is 0. The van der Waals surface area contributed by atoms with Crippen molar-refractivity contribution in [3.63, 3.8) is 0 Å². The molecule has 0 aromatic carbocycles. The first-order valence-corrected chi connectivity index (χ1v) is 3.85. The molecule has 0 amide bonds. The van der Waals surface area contributed by atoms with Gasteiger partial charge in [0.05, 0.1) is 0 Å². The average Bonchev–Trinajstić information content (AvgIpc) is 1.99. The van der Waals surface area contributed by atoms with E-state index < -0.39 is 0 Å². The van der Waals surface area contributed by atoms with Gasteiger partial charge in [-0.15, -0.1) is 11.6 Å². The summed E-state index contributed by atoms with van der Waals surface area (Å²) in [7, 11) is 0. The zero-order chi connectivity index (χ0) is 8.53. The number of carbonyl (C=O) groups is 1. The molecule has 0 spiro atoms. The van der Waals surface area contributed by atoms with Gasteiger partial charge in [0.1, 0.15) is 6.61 Å². The minimum Gasteiger partial charge on any atom is -0.458 e. The molecule has 0 fully saturated rings. The Kier molecular flexibility index (Phi) is 6.84. The molecule has 0 bridgehead atoms. The number of hydrogen-bond acceptors (Lipinski definition) is 2. The Hall–Kier alpha value is -0.760. The molecule has 2 nitrogen and oxygen atoms in total. The zero-order valence-electron chi connectivity index (χ0n) is 6.42. The van der Waals surface area contributed by atoms with E-state index in [-0.39, 0.29) is 12.6 Å². The first-order valence-electron chi connectivity index (χ1n) is 3.31. The number of alkyl halides is 1. The van der Waals surface area contributed by atoms with Crippen LogP contribution in [0, 0.1) is 0 Å². The third-order valence-corrected chi connectivity index (χ3v) is 1.06. The van der Waals surface area contributed by atoms with Crippen LogP contribution in [0.3, 0.4) is 0 Å². The highest BCUT2D eigenvalue weighted by Gasteiger charge is 1.90. The van der Waals surface area contributed by atoms with Gasteiger partial charge in [0.25, 0.3) is 0 Å². The summed E-state index contributed by atoms with van der Waals surface area (Å²) in [5.74, 6) is 0.118. The first kappa shape index (κ1) is 10.2. The monoisotopic (exact) mass is 174 g/mol. The zero-order valence-corrected chi connectivity index (χ0v) is 7.17. The Bertz CT molecular complexity index is 161. The number of halogens is 1. The van der Waals surface area contributed by atoms with Crippen molar-refractivity contribution in [2.24, 2.45) is 0 Å². The molecule has 0 aromatic heterocycles. The predicted molar refractivity (Wildman–Crippen MR) is 45.6 cm³/mol. The average molecular weight is 175 g/mol. The van der Waals surface area contributed by atoms with Crippen LogP contribution in [-0.2, 0) is 9.53 Å². The van der Waals surface area contributed by atoms with Gasteiger partial charge in [-0.1, -0.05) is 18.2 Å². The van der Waals surface area contributed by atoms with E-state index in [0.717, 1.165) is 0 Å². The third kappa shape index (κ3) is 7.13. The Labute approximate surface area is 71.5 Å². The molecule has 0 aromatic rings. The number of rotatable bonds is 4. The van der Waals surface area contributed by atoms with Crippen molar-refractivity contribution < 1.29 is 9.53 Å². The molecular weight excluding hydrogens is 164 g/mol. The Balaban J connectivity index is 3.39. The highest BCUT2D eigenvalue weighted by atomic mass is 35.5. The van der Waals surface area contributed by atoms with Crippen molar-refractivity contribution in [1.29, 1.82) is 0 Å². The van der Waals surface area contributed by atoms with Gasteiger partial charge < -0.3 is 4.74 Å². The lowest BCUT2D eigenvalue weighted by Crippen LogP contribution is -1.99. The van der Waals surface area contributed by atoms with Gasteiger partial charge >= 0.3 is 5.97 Å². The molecule has 0 aliphatic carbocycles. The van der Waals surface area contributed by atoms with E-state index in [1.807, 2.05) is 0 Å². The van der Waals surface area contributed by atoms with Crippen LogP contribution in [-0.4, -0.2) is 18.5 Å². The maximum atomic E-state index is 10.6. The quantitative estimate of drug-likeness (QED) is 0.282. The molecule has 0 rings (SSSR count). The van der Waals surface area contributed by atoms with Gasteiger partial charge in [0.2, 0.25) is 0 Å². The minimum absolute atomic E-state index is 0.288. The summed E-state index contributed by atoms with van der Waals surface area (Å²) in [5, 5.41) is 0. The minimum atomic E-state index is -0.327. The normalized spacial score (nSPS) is 11.1. The first-order chi connectivity index (χ1) is 5.31. The SMILES string of the molecule is C/C=C/C(=O)OC/C=C/CCl. The molecule has 0 unspecified atom stereocenters. The Morgan fingerprint density at radius 3 is 2.82 bits per heavy atom. The Morgan fingerprint density at radius 2 is 2.27 bits per heavy atom. The van der Waals surface area contributed by atoms with Crippen molar-refractivity contribution in [3.8, 4) is 0 Å². The van der Waals surface area contributed by atoms with Gasteiger partial charge in [-0.2, -0.15) is 0 Å². The van der Waals surface area contributed by atoms with Crippen molar-refractivity contribution in [2.75, 3.05) is 12.5 Å². The molecule has 0 aliphatic rings. The summed E-state index contributed by atoms with van der Waals surface area (Å²) in [6, 6.07) is 0. The standard InChI is InChI=1S/C8H11ClO2/c1-2-5-8(10)11-7-4-3-6-9/h2-5H,6-7H2,1H3/b4-3+,5-2+. The van der Waals surface area contributed by atoms with Gasteiger partial charge in [-0.05, 0) is 6.92 Å². The fourth-order valence-electron chi connectivity index (χ4n) is 0.445. The molecule has 0 heterocycles. The molecular formula is C8H11ClO2. The number of carbonyl (C=O) groups excluding carboxylic acids is 1. The lowest BCUT2D eigenvalue weighted by atomic mass is 10.5. The van der Waals surface area contributed by atoms with Crippen LogP contribution in [0.5, 0.6) is 0 Å². The van der Waals surface area contributed by atoms with Crippen molar-refractivity contribution in [3.05, 3.63) is 24.3 Å². The summed E-state index contributed by atoms with van der Waals surface area (Å²) in [6.07, 6.45) is 6.43. The van der Waals surface area contributed by atoms with Crippen molar-refractivity contribution >= 4 is 17.6 Å². The number of allylic oxidation sites excluding steroid dienone is 2. The summed E-state index contributed by atoms with van der Waals surface area (Å²) in [6.45, 7) is 2.05. The molecule has 0 saturated heterocycles. The van der Waals surface area contributed by atoms with E-state index in [9.17, 15) is 4.79 Å². The van der Waals surface area contributed by atoms with Gasteiger partial charge in [-0.25, -0.2) is 4.79 Å². The third-order valence-electron chi connectivity index (χ3n) is 0.880. The lowest BCUT2D eigenvalue weighted by molar-refractivity contribution is -0.136. The fraction of sp³-hybridized carbons (Fsp3) is 0.375. The highest BCUT2D eigenvalue weighted by Crippen LogP contribution is 1.84. The second-order valence-electron chi connectivity index (χ2n) is 1.76. The van der Waals surface area contributed by atoms with Crippen LogP contribution >= 0.6 is 11.6 Å². The van der Waals surface area contributed by atoms with Crippen LogP contribution < -0.4 is 0 Å². The molecule has 62 valence electrons. The maximum absolute atomic E-state index is 10.6. The van der Waals surface area contributed by atoms with Crippen LogP contribution in [0.2, 0.25) is 0 Å². The van der Waals surface area contributed by atoms with Crippen LogP contribution in [0.4, 0.5) is 0 Å². The summed E-state index contributed by atoms with van der Waals surface area (Å²) in [4.78, 5) is 10.6. The van der Waals surface area contributed by atoms with Crippen molar-refractivity contribution in [2.45, 2.75) is 6.92 Å². The lowest BCUT2D eigenvalue weighted by Gasteiger charge is -1.94. The number of ether oxygens (including phenoxy) is 1. The molecule has 3 heteroatoms. The maximum Gasteiger partial charge on any atom is 0.330 e. The molecule has 0 aliphatic heterocycles. The summed E-state index contributed by atoms with van der Waals surface area (Å²) >= 11 is 5.34. The van der Waals surface area contributed by atoms with E-state index in [0.29, 0.717) is 5.88 Å². The smallest absolute Gasteiger partial charge is 0.330 e. The van der Waals surface area contributed by atoms with Crippen LogP contribution in [0.1, 0.15) is 6.92 Å². The van der Waals surface area contributed by atoms with E-state index >= 15 is 0 Å². The second kappa shape index (κ2) is 7.35. The van der Waals surface area contributed by atoms with Gasteiger partial charge in [-0.3, -0.25) is 0 Å². The molecule has 0 atom stereocenters. The van der Waals surface area contributed by atoms with Gasteiger partial charge in [0, 0.05) is 12.0 Å². The Morgan fingerprint density at radius 1 is 1.55 bits per heavy atom. The van der Waals surface area contributed by atoms with Crippen LogP contribution in [0.15, 0.2) is 24.3 Å². The molecule has 0 saturated carbocycles. The molecule has 0 N–H and O–H groups in total. The molecule has 11 heavy (non-hydrogen) atoms. The van der Waals surface area contributed by atoms with E-state index in [1.165, 1.54) is 6.08 Å². The van der Waals surface area contributed by atoms with Crippen LogP contribution in [0.25, 0.3) is 0 Å². The van der Waals surface area contributed by atoms with E-state index in [2.05, 4.69) is 0 Å². The predicted octanol–water partition coefficient (Wildman–Crippen LogP) is 1.90. The second-order valence-corrected chi connectivity index (χ2v) is 2.06. The highest BCUT2D eigenvalue weighted by molar-refractivity contribution is 6.18. The van der Waals surface area contributed by atoms with E-state index in [1.54, 1.807) is 25.2 Å². The molecule has 0 radical (unpaired) electrons. The summed E-state index contributed by atoms with van der Waals surface area (Å²) < 4.78 is 4.71. The fourth-order valence-corrected chi connectivity index (χ4v) is 0.571. The van der Waals surface area contributed by atoms with E-state index in [4.69, 9.17) is 16.3 Å².